The first-order chi connectivity index (χ1) is 13.5. The van der Waals surface area contributed by atoms with E-state index in [0.29, 0.717) is 42.0 Å². The lowest BCUT2D eigenvalue weighted by molar-refractivity contribution is 0.0832. The van der Waals surface area contributed by atoms with Crippen molar-refractivity contribution < 1.29 is 19.0 Å². The van der Waals surface area contributed by atoms with E-state index in [1.54, 1.807) is 19.3 Å². The van der Waals surface area contributed by atoms with E-state index in [1.807, 2.05) is 24.3 Å². The van der Waals surface area contributed by atoms with Crippen molar-refractivity contribution in [3.8, 4) is 17.2 Å². The maximum Gasteiger partial charge on any atom is 0.231 e. The molecule has 2 aromatic rings. The van der Waals surface area contributed by atoms with Gasteiger partial charge in [-0.3, -0.25) is 9.69 Å². The molecule has 0 radical (unpaired) electrons. The Morgan fingerprint density at radius 2 is 2.11 bits per heavy atom. The minimum Gasteiger partial charge on any atom is -0.496 e. The molecule has 6 heteroatoms. The molecule has 0 aliphatic carbocycles. The van der Waals surface area contributed by atoms with Gasteiger partial charge < -0.3 is 14.2 Å². The average Bonchev–Trinajstić information content (AvgIpc) is 2.98. The summed E-state index contributed by atoms with van der Waals surface area (Å²) in [4.78, 5) is 15.2. The molecule has 146 valence electrons. The summed E-state index contributed by atoms with van der Waals surface area (Å²) in [6.07, 6.45) is 1.73. The molecule has 0 fully saturated rings. The second kappa shape index (κ2) is 7.60. The van der Waals surface area contributed by atoms with Crippen LogP contribution in [0, 0.1) is 5.92 Å². The molecule has 0 saturated carbocycles. The van der Waals surface area contributed by atoms with Crippen molar-refractivity contribution in [1.82, 2.24) is 4.90 Å². The van der Waals surface area contributed by atoms with E-state index < -0.39 is 0 Å². The zero-order chi connectivity index (χ0) is 19.8. The summed E-state index contributed by atoms with van der Waals surface area (Å²) < 4.78 is 18.2. The minimum atomic E-state index is -0.124. The second-order valence-electron chi connectivity index (χ2n) is 7.42. The number of hydrogen-bond acceptors (Lipinski definition) is 5. The number of benzene rings is 2. The van der Waals surface area contributed by atoms with E-state index in [2.05, 4.69) is 34.7 Å². The van der Waals surface area contributed by atoms with Crippen LogP contribution in [0.3, 0.4) is 0 Å². The molecule has 2 aliphatic rings. The van der Waals surface area contributed by atoms with Crippen LogP contribution >= 0.6 is 15.9 Å². The normalized spacial score (nSPS) is 17.3. The lowest BCUT2D eigenvalue weighted by Crippen LogP contribution is -2.34. The van der Waals surface area contributed by atoms with Gasteiger partial charge in [0.25, 0.3) is 0 Å². The number of hydrogen-bond donors (Lipinski definition) is 0. The summed E-state index contributed by atoms with van der Waals surface area (Å²) in [6.45, 7) is 6.54. The standard InChI is InChI=1S/C22H22BrNO4/c1-13(2)10-24-11-17-19(27-12-24)7-5-16-21(25)20(28-22(16)17)9-14-8-15(23)4-6-18(14)26-3/h4-9,13H,10-12H2,1-3H3/b20-9-. The predicted molar refractivity (Wildman–Crippen MR) is 111 cm³/mol. The summed E-state index contributed by atoms with van der Waals surface area (Å²) >= 11 is 3.46. The molecule has 0 amide bonds. The van der Waals surface area contributed by atoms with Gasteiger partial charge >= 0.3 is 0 Å². The lowest BCUT2D eigenvalue weighted by atomic mass is 10.0. The van der Waals surface area contributed by atoms with E-state index in [4.69, 9.17) is 14.2 Å². The topological polar surface area (TPSA) is 48.0 Å². The van der Waals surface area contributed by atoms with Crippen LogP contribution in [0.1, 0.15) is 35.3 Å². The van der Waals surface area contributed by atoms with Crippen molar-refractivity contribution in [2.45, 2.75) is 20.4 Å². The van der Waals surface area contributed by atoms with E-state index in [0.717, 1.165) is 27.9 Å². The molecule has 4 rings (SSSR count). The number of ketones is 1. The summed E-state index contributed by atoms with van der Waals surface area (Å²) in [5.74, 6) is 2.77. The molecule has 0 spiro atoms. The number of fused-ring (bicyclic) bond motifs is 3. The summed E-state index contributed by atoms with van der Waals surface area (Å²) in [7, 11) is 1.61. The molecule has 0 saturated heterocycles. The number of rotatable bonds is 4. The summed E-state index contributed by atoms with van der Waals surface area (Å²) in [5, 5.41) is 0. The van der Waals surface area contributed by atoms with Crippen LogP contribution in [0.25, 0.3) is 6.08 Å². The van der Waals surface area contributed by atoms with Gasteiger partial charge in [0.2, 0.25) is 5.78 Å². The first kappa shape index (κ1) is 19.0. The van der Waals surface area contributed by atoms with Crippen LogP contribution in [-0.2, 0) is 6.54 Å². The SMILES string of the molecule is COc1ccc(Br)cc1/C=C1\Oc2c(ccc3c2CN(CC(C)C)CO3)C1=O. The van der Waals surface area contributed by atoms with Crippen LogP contribution in [-0.4, -0.2) is 31.1 Å². The molecule has 5 nitrogen and oxygen atoms in total. The van der Waals surface area contributed by atoms with Crippen LogP contribution in [0.5, 0.6) is 17.2 Å². The van der Waals surface area contributed by atoms with Crippen LogP contribution in [0.15, 0.2) is 40.6 Å². The number of carbonyl (C=O) groups excluding carboxylic acids is 1. The van der Waals surface area contributed by atoms with Gasteiger partial charge in [-0.1, -0.05) is 29.8 Å². The van der Waals surface area contributed by atoms with Crippen molar-refractivity contribution in [2.75, 3.05) is 20.4 Å². The van der Waals surface area contributed by atoms with Gasteiger partial charge in [0.15, 0.2) is 5.76 Å². The largest absolute Gasteiger partial charge is 0.496 e. The third kappa shape index (κ3) is 3.54. The Morgan fingerprint density at radius 3 is 2.86 bits per heavy atom. The van der Waals surface area contributed by atoms with Crippen molar-refractivity contribution in [2.24, 2.45) is 5.92 Å². The highest BCUT2D eigenvalue weighted by molar-refractivity contribution is 9.10. The Bertz CT molecular complexity index is 967. The number of allylic oxidation sites excluding steroid dienone is 1. The molecule has 0 aromatic heterocycles. The van der Waals surface area contributed by atoms with Crippen molar-refractivity contribution in [3.63, 3.8) is 0 Å². The second-order valence-corrected chi connectivity index (χ2v) is 8.34. The van der Waals surface area contributed by atoms with E-state index in [-0.39, 0.29) is 5.78 Å². The molecule has 0 atom stereocenters. The molecule has 0 unspecified atom stereocenters. The average molecular weight is 444 g/mol. The highest BCUT2D eigenvalue weighted by atomic mass is 79.9. The Morgan fingerprint density at radius 1 is 1.29 bits per heavy atom. The van der Waals surface area contributed by atoms with Crippen molar-refractivity contribution >= 4 is 27.8 Å². The molecule has 2 heterocycles. The Balaban J connectivity index is 1.69. The maximum atomic E-state index is 12.9. The third-order valence-corrected chi connectivity index (χ3v) is 5.28. The van der Waals surface area contributed by atoms with Gasteiger partial charge in [-0.15, -0.1) is 0 Å². The number of carbonyl (C=O) groups is 1. The van der Waals surface area contributed by atoms with Crippen molar-refractivity contribution in [1.29, 1.82) is 0 Å². The molecular formula is C22H22BrNO4. The third-order valence-electron chi connectivity index (χ3n) is 4.78. The van der Waals surface area contributed by atoms with Gasteiger partial charge in [0, 0.05) is 23.1 Å². The number of halogens is 1. The molecule has 28 heavy (non-hydrogen) atoms. The van der Waals surface area contributed by atoms with Gasteiger partial charge in [-0.05, 0) is 42.3 Å². The maximum absolute atomic E-state index is 12.9. The number of methoxy groups -OCH3 is 1. The number of nitrogens with zero attached hydrogens (tertiary/aromatic N) is 1. The Hall–Kier alpha value is -2.31. The van der Waals surface area contributed by atoms with Crippen LogP contribution in [0.2, 0.25) is 0 Å². The van der Waals surface area contributed by atoms with Gasteiger partial charge in [-0.2, -0.15) is 0 Å². The highest BCUT2D eigenvalue weighted by Crippen LogP contribution is 2.42. The quantitative estimate of drug-likeness (QED) is 0.630. The zero-order valence-corrected chi connectivity index (χ0v) is 17.7. The van der Waals surface area contributed by atoms with E-state index in [9.17, 15) is 4.79 Å². The number of ether oxygens (including phenoxy) is 3. The van der Waals surface area contributed by atoms with Gasteiger partial charge in [0.1, 0.15) is 24.0 Å². The fourth-order valence-electron chi connectivity index (χ4n) is 3.60. The monoisotopic (exact) mass is 443 g/mol. The predicted octanol–water partition coefficient (Wildman–Crippen LogP) is 4.88. The van der Waals surface area contributed by atoms with Crippen LogP contribution < -0.4 is 14.2 Å². The van der Waals surface area contributed by atoms with E-state index >= 15 is 0 Å². The Labute approximate surface area is 173 Å². The zero-order valence-electron chi connectivity index (χ0n) is 16.1. The first-order valence-electron chi connectivity index (χ1n) is 9.25. The van der Waals surface area contributed by atoms with Gasteiger partial charge in [-0.25, -0.2) is 0 Å². The van der Waals surface area contributed by atoms with Crippen molar-refractivity contribution in [3.05, 3.63) is 57.3 Å². The summed E-state index contributed by atoms with van der Waals surface area (Å²) in [5.41, 5.74) is 2.29. The molecular weight excluding hydrogens is 422 g/mol. The number of Topliss-reactive ketones (excluding diaryl/α,β-unsaturated/α-hetero) is 1. The Kier molecular flexibility index (Phi) is 5.17. The molecule has 2 aromatic carbocycles. The summed E-state index contributed by atoms with van der Waals surface area (Å²) in [6, 6.07) is 9.29. The first-order valence-corrected chi connectivity index (χ1v) is 10.0. The lowest BCUT2D eigenvalue weighted by Gasteiger charge is -2.30. The fraction of sp³-hybridized carbons (Fsp3) is 0.318. The molecule has 2 aliphatic heterocycles. The molecule has 0 bridgehead atoms. The minimum absolute atomic E-state index is 0.124. The fourth-order valence-corrected chi connectivity index (χ4v) is 3.98. The van der Waals surface area contributed by atoms with Crippen LogP contribution in [0.4, 0.5) is 0 Å². The van der Waals surface area contributed by atoms with E-state index in [1.165, 1.54) is 0 Å². The highest BCUT2D eigenvalue weighted by Gasteiger charge is 2.33. The van der Waals surface area contributed by atoms with Gasteiger partial charge in [0.05, 0.1) is 18.2 Å². The molecule has 0 N–H and O–H groups in total. The smallest absolute Gasteiger partial charge is 0.231 e.